The van der Waals surface area contributed by atoms with E-state index in [0.29, 0.717) is 17.6 Å². The van der Waals surface area contributed by atoms with E-state index in [1.165, 1.54) is 16.2 Å². The van der Waals surface area contributed by atoms with Crippen molar-refractivity contribution in [2.45, 2.75) is 12.7 Å². The average molecular weight is 342 g/mol. The summed E-state index contributed by atoms with van der Waals surface area (Å²) in [6.45, 7) is -0.367. The van der Waals surface area contributed by atoms with Gasteiger partial charge in [0, 0.05) is 36.2 Å². The molecule has 0 bridgehead atoms. The van der Waals surface area contributed by atoms with E-state index in [4.69, 9.17) is 0 Å². The van der Waals surface area contributed by atoms with Gasteiger partial charge in [0.2, 0.25) is 0 Å². The van der Waals surface area contributed by atoms with Gasteiger partial charge in [-0.05, 0) is 0 Å². The Morgan fingerprint density at radius 2 is 2.22 bits per heavy atom. The van der Waals surface area contributed by atoms with E-state index in [1.807, 2.05) is 16.0 Å². The second kappa shape index (κ2) is 5.58. The predicted octanol–water partition coefficient (Wildman–Crippen LogP) is 3.16. The van der Waals surface area contributed by atoms with Gasteiger partial charge in [-0.3, -0.25) is 9.30 Å². The first kappa shape index (κ1) is 13.8. The summed E-state index contributed by atoms with van der Waals surface area (Å²) in [5.41, 5.74) is 0.659. The molecule has 0 aliphatic carbocycles. The summed E-state index contributed by atoms with van der Waals surface area (Å²) >= 11 is 4.63. The van der Waals surface area contributed by atoms with Crippen molar-refractivity contribution in [1.29, 1.82) is 0 Å². The number of hydrogen-bond acceptors (Lipinski definition) is 3. The zero-order valence-electron chi connectivity index (χ0n) is 9.32. The van der Waals surface area contributed by atoms with Gasteiger partial charge < -0.3 is 0 Å². The Balaban J connectivity index is 2.06. The molecule has 18 heavy (non-hydrogen) atoms. The van der Waals surface area contributed by atoms with Crippen LogP contribution in [0.2, 0.25) is 0 Å². The van der Waals surface area contributed by atoms with Gasteiger partial charge in [0.15, 0.2) is 4.96 Å². The zero-order chi connectivity index (χ0) is 13.2. The van der Waals surface area contributed by atoms with E-state index in [2.05, 4.69) is 20.9 Å². The summed E-state index contributed by atoms with van der Waals surface area (Å²) in [5, 5.41) is 2.39. The van der Waals surface area contributed by atoms with Crippen molar-refractivity contribution in [2.24, 2.45) is 0 Å². The van der Waals surface area contributed by atoms with Crippen LogP contribution in [0.5, 0.6) is 0 Å². The molecule has 0 amide bonds. The predicted molar refractivity (Wildman–Crippen MR) is 68.2 cm³/mol. The van der Waals surface area contributed by atoms with Gasteiger partial charge in [-0.25, -0.2) is 4.98 Å². The molecule has 0 radical (unpaired) electrons. The van der Waals surface area contributed by atoms with Crippen LogP contribution in [0.4, 0.5) is 13.2 Å². The number of rotatable bonds is 5. The molecule has 2 aromatic heterocycles. The van der Waals surface area contributed by atoms with E-state index in [-0.39, 0.29) is 6.54 Å². The molecule has 0 unspecified atom stereocenters. The molecule has 0 spiro atoms. The summed E-state index contributed by atoms with van der Waals surface area (Å²) in [6.07, 6.45) is -0.572. The van der Waals surface area contributed by atoms with Crippen molar-refractivity contribution >= 4 is 32.2 Å². The lowest BCUT2D eigenvalue weighted by Crippen LogP contribution is -2.35. The van der Waals surface area contributed by atoms with Crippen molar-refractivity contribution in [3.8, 4) is 0 Å². The normalized spacial score (nSPS) is 12.7. The van der Waals surface area contributed by atoms with Crippen molar-refractivity contribution in [2.75, 3.05) is 18.4 Å². The number of halogens is 4. The largest absolute Gasteiger partial charge is 0.401 e. The first-order valence-electron chi connectivity index (χ1n) is 5.24. The highest BCUT2D eigenvalue weighted by molar-refractivity contribution is 9.09. The van der Waals surface area contributed by atoms with Gasteiger partial charge in [0.05, 0.1) is 12.2 Å². The lowest BCUT2D eigenvalue weighted by atomic mass is 10.4. The number of alkyl halides is 4. The summed E-state index contributed by atoms with van der Waals surface area (Å²) in [7, 11) is 0. The van der Waals surface area contributed by atoms with E-state index < -0.39 is 12.7 Å². The zero-order valence-corrected chi connectivity index (χ0v) is 11.7. The maximum absolute atomic E-state index is 12.4. The number of aromatic nitrogens is 2. The Hall–Kier alpha value is -0.600. The molecule has 0 aliphatic heterocycles. The van der Waals surface area contributed by atoms with Crippen LogP contribution in [0.1, 0.15) is 5.69 Å². The molecular weight excluding hydrogens is 331 g/mol. The van der Waals surface area contributed by atoms with Crippen LogP contribution in [0, 0.1) is 0 Å². The third kappa shape index (κ3) is 3.69. The topological polar surface area (TPSA) is 20.5 Å². The van der Waals surface area contributed by atoms with Crippen LogP contribution >= 0.6 is 27.3 Å². The molecule has 0 fully saturated rings. The summed E-state index contributed by atoms with van der Waals surface area (Å²) in [5.74, 6) is 0. The SMILES string of the molecule is FC(F)(F)CN(CCBr)Cc1cn2ccsc2n1. The molecule has 0 aliphatic rings. The van der Waals surface area contributed by atoms with Crippen LogP contribution in [-0.2, 0) is 6.54 Å². The Kier molecular flexibility index (Phi) is 4.29. The Labute approximate surface area is 114 Å². The lowest BCUT2D eigenvalue weighted by molar-refractivity contribution is -0.146. The maximum Gasteiger partial charge on any atom is 0.401 e. The first-order valence-corrected chi connectivity index (χ1v) is 7.24. The quantitative estimate of drug-likeness (QED) is 0.778. The fourth-order valence-corrected chi connectivity index (χ4v) is 2.89. The standard InChI is InChI=1S/C10H11BrF3N3S/c11-1-2-16(7-10(12,13)14)5-8-6-17-3-4-18-9(17)15-8/h3-4,6H,1-2,5,7H2. The molecule has 8 heteroatoms. The summed E-state index contributed by atoms with van der Waals surface area (Å²) < 4.78 is 39.0. The minimum atomic E-state index is -4.18. The highest BCUT2D eigenvalue weighted by Crippen LogP contribution is 2.19. The molecule has 3 nitrogen and oxygen atoms in total. The Bertz CT molecular complexity index is 479. The molecule has 2 heterocycles. The average Bonchev–Trinajstić information content (AvgIpc) is 2.75. The van der Waals surface area contributed by atoms with Crippen molar-refractivity contribution in [1.82, 2.24) is 14.3 Å². The van der Waals surface area contributed by atoms with Crippen molar-refractivity contribution in [3.05, 3.63) is 23.5 Å². The highest BCUT2D eigenvalue weighted by Gasteiger charge is 2.30. The van der Waals surface area contributed by atoms with E-state index in [1.54, 1.807) is 6.20 Å². The number of hydrogen-bond donors (Lipinski definition) is 0. The molecule has 0 atom stereocenters. The van der Waals surface area contributed by atoms with Crippen LogP contribution in [0.15, 0.2) is 17.8 Å². The van der Waals surface area contributed by atoms with Crippen molar-refractivity contribution < 1.29 is 13.2 Å². The van der Waals surface area contributed by atoms with Crippen LogP contribution < -0.4 is 0 Å². The molecular formula is C10H11BrF3N3S. The van der Waals surface area contributed by atoms with E-state index in [0.717, 1.165) is 4.96 Å². The van der Waals surface area contributed by atoms with Gasteiger partial charge in [-0.2, -0.15) is 13.2 Å². The number of thiazole rings is 1. The van der Waals surface area contributed by atoms with Gasteiger partial charge in [0.1, 0.15) is 0 Å². The Morgan fingerprint density at radius 1 is 1.44 bits per heavy atom. The summed E-state index contributed by atoms with van der Waals surface area (Å²) in [6, 6.07) is 0. The van der Waals surface area contributed by atoms with Crippen LogP contribution in [-0.4, -0.2) is 38.9 Å². The molecule has 100 valence electrons. The fraction of sp³-hybridized carbons (Fsp3) is 0.500. The summed E-state index contributed by atoms with van der Waals surface area (Å²) in [4.78, 5) is 6.42. The van der Waals surface area contributed by atoms with Crippen molar-refractivity contribution in [3.63, 3.8) is 0 Å². The smallest absolute Gasteiger partial charge is 0.297 e. The Morgan fingerprint density at radius 3 is 2.83 bits per heavy atom. The van der Waals surface area contributed by atoms with Crippen LogP contribution in [0.25, 0.3) is 4.96 Å². The molecule has 0 saturated heterocycles. The minimum absolute atomic E-state index is 0.208. The van der Waals surface area contributed by atoms with Gasteiger partial charge in [-0.1, -0.05) is 15.9 Å². The highest BCUT2D eigenvalue weighted by atomic mass is 79.9. The first-order chi connectivity index (χ1) is 8.48. The van der Waals surface area contributed by atoms with Gasteiger partial charge in [-0.15, -0.1) is 11.3 Å². The van der Waals surface area contributed by atoms with E-state index in [9.17, 15) is 13.2 Å². The number of nitrogens with zero attached hydrogens (tertiary/aromatic N) is 3. The second-order valence-corrected chi connectivity index (χ2v) is 5.51. The molecule has 0 saturated carbocycles. The molecule has 2 aromatic rings. The lowest BCUT2D eigenvalue weighted by Gasteiger charge is -2.21. The van der Waals surface area contributed by atoms with E-state index >= 15 is 0 Å². The molecule has 0 N–H and O–H groups in total. The number of imidazole rings is 1. The second-order valence-electron chi connectivity index (χ2n) is 3.84. The third-order valence-electron chi connectivity index (χ3n) is 2.33. The maximum atomic E-state index is 12.4. The van der Waals surface area contributed by atoms with Gasteiger partial charge in [0.25, 0.3) is 0 Å². The molecule has 2 rings (SSSR count). The minimum Gasteiger partial charge on any atom is -0.297 e. The number of fused-ring (bicyclic) bond motifs is 1. The third-order valence-corrected chi connectivity index (χ3v) is 3.46. The monoisotopic (exact) mass is 341 g/mol. The van der Waals surface area contributed by atoms with Crippen LogP contribution in [0.3, 0.4) is 0 Å². The van der Waals surface area contributed by atoms with Gasteiger partial charge >= 0.3 is 6.18 Å². The fourth-order valence-electron chi connectivity index (χ4n) is 1.67. The molecule has 0 aromatic carbocycles.